The van der Waals surface area contributed by atoms with Crippen LogP contribution in [-0.4, -0.2) is 22.9 Å². The van der Waals surface area contributed by atoms with Gasteiger partial charge in [-0.05, 0) is 24.3 Å². The molecular formula is C16H14FN5. The van der Waals surface area contributed by atoms with E-state index in [0.29, 0.717) is 11.2 Å². The molecular weight excluding hydrogens is 281 g/mol. The van der Waals surface area contributed by atoms with E-state index in [9.17, 15) is 4.39 Å². The number of fused-ring (bicyclic) bond motifs is 1. The van der Waals surface area contributed by atoms with E-state index in [-0.39, 0.29) is 11.1 Å². The van der Waals surface area contributed by atoms with E-state index >= 15 is 0 Å². The second kappa shape index (κ2) is 5.40. The summed E-state index contributed by atoms with van der Waals surface area (Å²) < 4.78 is 15.3. The molecule has 0 aliphatic rings. The van der Waals surface area contributed by atoms with Crippen molar-refractivity contribution in [1.29, 1.82) is 10.8 Å². The van der Waals surface area contributed by atoms with Crippen molar-refractivity contribution in [1.82, 2.24) is 9.55 Å². The molecule has 0 bridgehead atoms. The lowest BCUT2D eigenvalue weighted by Crippen LogP contribution is -2.27. The molecule has 0 radical (unpaired) electrons. The van der Waals surface area contributed by atoms with Gasteiger partial charge >= 0.3 is 0 Å². The fourth-order valence-corrected chi connectivity index (χ4v) is 2.42. The van der Waals surface area contributed by atoms with Crippen molar-refractivity contribution in [3.05, 3.63) is 60.0 Å². The van der Waals surface area contributed by atoms with Gasteiger partial charge in [0, 0.05) is 18.1 Å². The molecule has 2 aromatic carbocycles. The molecule has 3 rings (SSSR count). The third kappa shape index (κ3) is 2.14. The molecule has 0 amide bonds. The molecule has 22 heavy (non-hydrogen) atoms. The number of rotatable bonds is 3. The van der Waals surface area contributed by atoms with Crippen molar-refractivity contribution in [2.45, 2.75) is 0 Å². The number of benzene rings is 2. The molecule has 1 heterocycles. The Bertz CT molecular complexity index is 902. The van der Waals surface area contributed by atoms with Crippen LogP contribution in [0.25, 0.3) is 10.9 Å². The fourth-order valence-electron chi connectivity index (χ4n) is 2.42. The van der Waals surface area contributed by atoms with E-state index in [1.165, 1.54) is 6.07 Å². The molecule has 0 saturated carbocycles. The van der Waals surface area contributed by atoms with Crippen LogP contribution < -0.4 is 10.5 Å². The first kappa shape index (κ1) is 13.9. The highest BCUT2D eigenvalue weighted by Crippen LogP contribution is 2.28. The van der Waals surface area contributed by atoms with Crippen molar-refractivity contribution in [3.8, 4) is 0 Å². The molecule has 0 aliphatic heterocycles. The molecule has 6 heteroatoms. The zero-order chi connectivity index (χ0) is 15.7. The first-order chi connectivity index (χ1) is 10.6. The van der Waals surface area contributed by atoms with E-state index in [1.54, 1.807) is 17.0 Å². The lowest BCUT2D eigenvalue weighted by Gasteiger charge is -2.21. The van der Waals surface area contributed by atoms with E-state index < -0.39 is 5.82 Å². The Morgan fingerprint density at radius 1 is 1.14 bits per heavy atom. The predicted molar refractivity (Wildman–Crippen MR) is 84.2 cm³/mol. The smallest absolute Gasteiger partial charge is 0.229 e. The molecule has 0 spiro atoms. The van der Waals surface area contributed by atoms with E-state index in [0.717, 1.165) is 16.6 Å². The van der Waals surface area contributed by atoms with Crippen LogP contribution in [0.1, 0.15) is 0 Å². The summed E-state index contributed by atoms with van der Waals surface area (Å²) in [5.41, 5.74) is 0.869. The van der Waals surface area contributed by atoms with Crippen LogP contribution in [0.5, 0.6) is 0 Å². The lowest BCUT2D eigenvalue weighted by molar-refractivity contribution is 0.632. The van der Waals surface area contributed by atoms with Gasteiger partial charge in [0.15, 0.2) is 0 Å². The average Bonchev–Trinajstić information content (AvgIpc) is 2.55. The van der Waals surface area contributed by atoms with Crippen molar-refractivity contribution >= 4 is 28.7 Å². The van der Waals surface area contributed by atoms with E-state index in [2.05, 4.69) is 4.98 Å². The third-order valence-electron chi connectivity index (χ3n) is 3.50. The highest BCUT2D eigenvalue weighted by molar-refractivity contribution is 5.94. The third-order valence-corrected chi connectivity index (χ3v) is 3.50. The van der Waals surface area contributed by atoms with Crippen LogP contribution in [0.3, 0.4) is 0 Å². The highest BCUT2D eigenvalue weighted by Gasteiger charge is 2.15. The Morgan fingerprint density at radius 2 is 1.86 bits per heavy atom. The SMILES string of the molecule is CN(c1ccccc1)c1nc(=N)n(C=N)c2c(F)cccc12. The normalized spacial score (nSPS) is 10.6. The number of hydrogen-bond donors (Lipinski definition) is 2. The Kier molecular flexibility index (Phi) is 3.42. The lowest BCUT2D eigenvalue weighted by atomic mass is 10.2. The number of para-hydroxylation sites is 2. The van der Waals surface area contributed by atoms with Crippen molar-refractivity contribution in [2.24, 2.45) is 0 Å². The minimum absolute atomic E-state index is 0.176. The molecule has 0 saturated heterocycles. The van der Waals surface area contributed by atoms with Crippen LogP contribution in [0.2, 0.25) is 0 Å². The standard InChI is InChI=1S/C16H14FN5/c1-21(11-6-3-2-4-7-11)15-12-8-5-9-13(17)14(12)22(10-18)16(19)20-15/h2-10,18-19H,1H3. The van der Waals surface area contributed by atoms with E-state index in [4.69, 9.17) is 10.8 Å². The number of nitrogens with one attached hydrogen (secondary N) is 2. The molecule has 0 fully saturated rings. The maximum Gasteiger partial charge on any atom is 0.229 e. The predicted octanol–water partition coefficient (Wildman–Crippen LogP) is 2.88. The molecule has 0 unspecified atom stereocenters. The van der Waals surface area contributed by atoms with Crippen molar-refractivity contribution in [3.63, 3.8) is 0 Å². The maximum absolute atomic E-state index is 14.2. The Labute approximate surface area is 126 Å². The molecule has 0 aliphatic carbocycles. The summed E-state index contributed by atoms with van der Waals surface area (Å²) >= 11 is 0. The number of aromatic nitrogens is 2. The largest absolute Gasteiger partial charge is 0.329 e. The van der Waals surface area contributed by atoms with Crippen LogP contribution in [0, 0.1) is 16.6 Å². The summed E-state index contributed by atoms with van der Waals surface area (Å²) in [5, 5.41) is 15.9. The van der Waals surface area contributed by atoms with Gasteiger partial charge in [-0.2, -0.15) is 4.98 Å². The molecule has 1 aromatic heterocycles. The number of hydrogen-bond acceptors (Lipinski definition) is 4. The Hall–Kier alpha value is -3.02. The van der Waals surface area contributed by atoms with Gasteiger partial charge in [-0.1, -0.05) is 24.3 Å². The van der Waals surface area contributed by atoms with Gasteiger partial charge in [-0.15, -0.1) is 0 Å². The summed E-state index contributed by atoms with van der Waals surface area (Å²) in [6.45, 7) is 0. The highest BCUT2D eigenvalue weighted by atomic mass is 19.1. The maximum atomic E-state index is 14.2. The molecule has 3 aromatic rings. The van der Waals surface area contributed by atoms with E-state index in [1.807, 2.05) is 37.4 Å². The monoisotopic (exact) mass is 295 g/mol. The fraction of sp³-hybridized carbons (Fsp3) is 0.0625. The Balaban J connectivity index is 2.34. The minimum Gasteiger partial charge on any atom is -0.329 e. The van der Waals surface area contributed by atoms with Gasteiger partial charge in [0.2, 0.25) is 5.62 Å². The zero-order valence-corrected chi connectivity index (χ0v) is 11.9. The number of anilines is 2. The van der Waals surface area contributed by atoms with Crippen molar-refractivity contribution < 1.29 is 4.39 Å². The number of nitrogens with zero attached hydrogens (tertiary/aromatic N) is 3. The molecule has 5 nitrogen and oxygen atoms in total. The van der Waals surface area contributed by atoms with Crippen LogP contribution in [-0.2, 0) is 0 Å². The number of halogens is 1. The molecule has 110 valence electrons. The van der Waals surface area contributed by atoms with Gasteiger partial charge in [-0.3, -0.25) is 15.4 Å². The summed E-state index contributed by atoms with van der Waals surface area (Å²) in [5.74, 6) is -0.0107. The second-order valence-electron chi connectivity index (χ2n) is 4.79. The second-order valence-corrected chi connectivity index (χ2v) is 4.79. The van der Waals surface area contributed by atoms with Crippen LogP contribution in [0.4, 0.5) is 15.9 Å². The quantitative estimate of drug-likeness (QED) is 0.576. The zero-order valence-electron chi connectivity index (χ0n) is 11.9. The van der Waals surface area contributed by atoms with Gasteiger partial charge in [0.25, 0.3) is 0 Å². The van der Waals surface area contributed by atoms with Gasteiger partial charge in [-0.25, -0.2) is 4.39 Å². The Morgan fingerprint density at radius 3 is 2.55 bits per heavy atom. The minimum atomic E-state index is -0.486. The van der Waals surface area contributed by atoms with Gasteiger partial charge in [0.1, 0.15) is 11.6 Å². The first-order valence-corrected chi connectivity index (χ1v) is 6.68. The topological polar surface area (TPSA) is 68.8 Å². The van der Waals surface area contributed by atoms with Gasteiger partial charge < -0.3 is 4.90 Å². The van der Waals surface area contributed by atoms with Gasteiger partial charge in [0.05, 0.1) is 11.9 Å². The summed E-state index contributed by atoms with van der Waals surface area (Å²) in [6, 6.07) is 14.2. The van der Waals surface area contributed by atoms with Crippen LogP contribution >= 0.6 is 0 Å². The summed E-state index contributed by atoms with van der Waals surface area (Å²) in [4.78, 5) is 6.03. The van der Waals surface area contributed by atoms with Crippen LogP contribution in [0.15, 0.2) is 48.5 Å². The average molecular weight is 295 g/mol. The summed E-state index contributed by atoms with van der Waals surface area (Å²) in [6.07, 6.45) is 0.896. The summed E-state index contributed by atoms with van der Waals surface area (Å²) in [7, 11) is 1.82. The molecule has 0 atom stereocenters. The first-order valence-electron chi connectivity index (χ1n) is 6.68. The van der Waals surface area contributed by atoms with Crippen molar-refractivity contribution in [2.75, 3.05) is 11.9 Å². The molecule has 2 N–H and O–H groups in total.